The first-order valence-electron chi connectivity index (χ1n) is 15.0. The Hall–Kier alpha value is -2.81. The second-order valence-corrected chi connectivity index (χ2v) is 15.7. The number of nitrogens with zero attached hydrogens (tertiary/aromatic N) is 3. The smallest absolute Gasteiger partial charge is 0.238 e. The minimum atomic E-state index is -0.677. The number of carbonyl (C=O) groups excluding carboxylic acids is 3. The van der Waals surface area contributed by atoms with Crippen LogP contribution in [0.5, 0.6) is 0 Å². The highest BCUT2D eigenvalue weighted by Gasteiger charge is 2.70. The number of aromatic nitrogens is 2. The van der Waals surface area contributed by atoms with E-state index in [9.17, 15) is 19.6 Å². The van der Waals surface area contributed by atoms with Crippen LogP contribution in [0.4, 0.5) is 0 Å². The van der Waals surface area contributed by atoms with Crippen molar-refractivity contribution in [1.82, 2.24) is 9.55 Å². The molecule has 3 saturated carbocycles. The van der Waals surface area contributed by atoms with Crippen LogP contribution in [0.2, 0.25) is 0 Å². The van der Waals surface area contributed by atoms with E-state index in [1.54, 1.807) is 23.3 Å². The summed E-state index contributed by atoms with van der Waals surface area (Å²) in [6.45, 7) is 15.3. The van der Waals surface area contributed by atoms with E-state index < -0.39 is 16.2 Å². The predicted molar refractivity (Wildman–Crippen MR) is 152 cm³/mol. The number of carbonyl (C=O) groups is 3. The lowest BCUT2D eigenvalue weighted by molar-refractivity contribution is -0.164. The number of hydrogen-bond donors (Lipinski definition) is 0. The van der Waals surface area contributed by atoms with E-state index in [0.29, 0.717) is 0 Å². The zero-order valence-corrected chi connectivity index (χ0v) is 25.1. The van der Waals surface area contributed by atoms with Crippen LogP contribution in [-0.2, 0) is 9.59 Å². The molecular weight excluding hydrogens is 498 g/mol. The highest BCUT2D eigenvalue weighted by molar-refractivity contribution is 6.04. The Morgan fingerprint density at radius 3 is 2.38 bits per heavy atom. The van der Waals surface area contributed by atoms with E-state index in [2.05, 4.69) is 45.7 Å². The van der Waals surface area contributed by atoms with E-state index in [4.69, 9.17) is 0 Å². The fourth-order valence-corrected chi connectivity index (χ4v) is 10.6. The molecule has 0 aromatic carbocycles. The summed E-state index contributed by atoms with van der Waals surface area (Å²) in [4.78, 5) is 46.2. The number of allylic oxidation sites excluding steroid dienone is 4. The standard InChI is InChI=1S/C34H43N3O3/c1-29(2)10-12-34(28(40)37-15-14-36-20-37)13-11-33(7)26(22(34)18-29)23(38)16-25-31(5)17-21(19-35)27(39)30(3,4)24(31)8-9-32(25,33)6/h14-17,20,22,24,26H,8-13,18H2,1-7H3/t22-,24-,26+,31+,32-,33+,34-/m0/s1. The number of Topliss-reactive ketones (excluding diaryl/α,β-unsaturated/α-hetero) is 1. The molecule has 6 heteroatoms. The van der Waals surface area contributed by atoms with Gasteiger partial charge in [-0.1, -0.05) is 60.1 Å². The second-order valence-electron chi connectivity index (χ2n) is 15.7. The zero-order valence-electron chi connectivity index (χ0n) is 25.1. The molecule has 40 heavy (non-hydrogen) atoms. The molecule has 7 atom stereocenters. The van der Waals surface area contributed by atoms with E-state index >= 15 is 0 Å². The number of imidazole rings is 1. The van der Waals surface area contributed by atoms with Crippen molar-refractivity contribution >= 4 is 17.5 Å². The van der Waals surface area contributed by atoms with Gasteiger partial charge in [-0.3, -0.25) is 19.0 Å². The molecule has 0 aliphatic heterocycles. The first kappa shape index (κ1) is 27.4. The predicted octanol–water partition coefficient (Wildman–Crippen LogP) is 6.74. The van der Waals surface area contributed by atoms with Crippen molar-refractivity contribution in [1.29, 1.82) is 5.26 Å². The maximum atomic E-state index is 14.6. The van der Waals surface area contributed by atoms with Gasteiger partial charge in [-0.25, -0.2) is 4.98 Å². The fourth-order valence-electron chi connectivity index (χ4n) is 10.6. The molecule has 3 fully saturated rings. The van der Waals surface area contributed by atoms with Crippen molar-refractivity contribution in [2.75, 3.05) is 0 Å². The van der Waals surface area contributed by atoms with Gasteiger partial charge in [0, 0.05) is 29.1 Å². The third kappa shape index (κ3) is 3.21. The Kier molecular flexibility index (Phi) is 5.57. The third-order valence-corrected chi connectivity index (χ3v) is 13.0. The van der Waals surface area contributed by atoms with E-state index in [0.717, 1.165) is 50.5 Å². The van der Waals surface area contributed by atoms with Gasteiger partial charge in [0.25, 0.3) is 0 Å². The van der Waals surface area contributed by atoms with Crippen molar-refractivity contribution < 1.29 is 14.4 Å². The van der Waals surface area contributed by atoms with E-state index in [1.165, 1.54) is 0 Å². The highest BCUT2D eigenvalue weighted by atomic mass is 16.2. The van der Waals surface area contributed by atoms with Crippen LogP contribution in [0.3, 0.4) is 0 Å². The first-order valence-corrected chi connectivity index (χ1v) is 15.0. The van der Waals surface area contributed by atoms with Crippen molar-refractivity contribution in [3.05, 3.63) is 42.0 Å². The van der Waals surface area contributed by atoms with Crippen molar-refractivity contribution in [2.24, 2.45) is 50.2 Å². The van der Waals surface area contributed by atoms with Gasteiger partial charge in [-0.2, -0.15) is 5.26 Å². The molecule has 0 amide bonds. The maximum Gasteiger partial charge on any atom is 0.238 e. The Morgan fingerprint density at radius 2 is 1.73 bits per heavy atom. The SMILES string of the molecule is CC1(C)CC[C@]2(C(=O)n3ccnc3)CC[C@]3(C)[C@@H](C(=O)C=C4[C@]5(C)C=C(C#N)C(=O)C(C)(C)[C@@H]5CC[C@@]43C)[C@@H]2C1. The van der Waals surface area contributed by atoms with Crippen LogP contribution in [0.25, 0.3) is 0 Å². The van der Waals surface area contributed by atoms with Crippen LogP contribution in [0.1, 0.15) is 98.2 Å². The van der Waals surface area contributed by atoms with Gasteiger partial charge >= 0.3 is 0 Å². The summed E-state index contributed by atoms with van der Waals surface area (Å²) in [7, 11) is 0. The number of nitriles is 1. The molecule has 0 bridgehead atoms. The molecule has 0 radical (unpaired) electrons. The maximum absolute atomic E-state index is 14.6. The zero-order chi connectivity index (χ0) is 29.1. The molecule has 1 aromatic heterocycles. The lowest BCUT2D eigenvalue weighted by atomic mass is 9.34. The average molecular weight is 542 g/mol. The summed E-state index contributed by atoms with van der Waals surface area (Å²) in [6.07, 6.45) is 14.7. The van der Waals surface area contributed by atoms with Gasteiger partial charge in [0.2, 0.25) is 5.91 Å². The Bertz CT molecular complexity index is 1420. The molecule has 0 saturated heterocycles. The van der Waals surface area contributed by atoms with Gasteiger partial charge in [-0.05, 0) is 79.1 Å². The summed E-state index contributed by atoms with van der Waals surface area (Å²) >= 11 is 0. The molecule has 5 aliphatic rings. The van der Waals surface area contributed by atoms with Gasteiger partial charge in [0.15, 0.2) is 11.6 Å². The second kappa shape index (κ2) is 8.14. The van der Waals surface area contributed by atoms with Crippen molar-refractivity contribution in [2.45, 2.75) is 93.4 Å². The first-order chi connectivity index (χ1) is 18.6. The molecule has 212 valence electrons. The monoisotopic (exact) mass is 541 g/mol. The number of ketones is 2. The van der Waals surface area contributed by atoms with Crippen LogP contribution in [0, 0.1) is 61.6 Å². The lowest BCUT2D eigenvalue weighted by Gasteiger charge is -2.69. The Morgan fingerprint density at radius 1 is 1.02 bits per heavy atom. The van der Waals surface area contributed by atoms with Crippen molar-refractivity contribution in [3.8, 4) is 6.07 Å². The van der Waals surface area contributed by atoms with Crippen molar-refractivity contribution in [3.63, 3.8) is 0 Å². The molecule has 1 aromatic rings. The molecule has 1 heterocycles. The van der Waals surface area contributed by atoms with Crippen LogP contribution in [0.15, 0.2) is 42.0 Å². The Balaban J connectivity index is 1.53. The summed E-state index contributed by atoms with van der Waals surface area (Å²) < 4.78 is 1.64. The highest BCUT2D eigenvalue weighted by Crippen LogP contribution is 2.74. The van der Waals surface area contributed by atoms with Crippen LogP contribution >= 0.6 is 0 Å². The molecule has 5 aliphatic carbocycles. The lowest BCUT2D eigenvalue weighted by Crippen LogP contribution is -2.66. The van der Waals surface area contributed by atoms with Crippen LogP contribution in [-0.4, -0.2) is 27.0 Å². The largest absolute Gasteiger partial charge is 0.295 e. The van der Waals surface area contributed by atoms with Gasteiger partial charge < -0.3 is 0 Å². The number of hydrogen-bond acceptors (Lipinski definition) is 5. The third-order valence-electron chi connectivity index (χ3n) is 13.0. The number of fused-ring (bicyclic) bond motifs is 7. The molecule has 0 spiro atoms. The average Bonchev–Trinajstić information content (AvgIpc) is 3.42. The molecule has 6 rings (SSSR count). The van der Waals surface area contributed by atoms with Crippen LogP contribution < -0.4 is 0 Å². The van der Waals surface area contributed by atoms with Gasteiger partial charge in [-0.15, -0.1) is 0 Å². The summed E-state index contributed by atoms with van der Waals surface area (Å²) in [5.41, 5.74) is -1.05. The van der Waals surface area contributed by atoms with Gasteiger partial charge in [0.05, 0.1) is 11.0 Å². The quantitative estimate of drug-likeness (QED) is 0.392. The minimum Gasteiger partial charge on any atom is -0.295 e. The van der Waals surface area contributed by atoms with E-state index in [-0.39, 0.29) is 57.0 Å². The molecule has 0 unspecified atom stereocenters. The normalized spacial score (nSPS) is 43.2. The fraction of sp³-hybridized carbons (Fsp3) is 0.676. The molecular formula is C34H43N3O3. The minimum absolute atomic E-state index is 0.0241. The van der Waals surface area contributed by atoms with Gasteiger partial charge in [0.1, 0.15) is 12.4 Å². The molecule has 6 nitrogen and oxygen atoms in total. The Labute approximate surface area is 238 Å². The summed E-state index contributed by atoms with van der Waals surface area (Å²) in [5, 5.41) is 9.92. The summed E-state index contributed by atoms with van der Waals surface area (Å²) in [5.74, 6) is -0.144. The topological polar surface area (TPSA) is 92.8 Å². The molecule has 0 N–H and O–H groups in total. The van der Waals surface area contributed by atoms with E-state index in [1.807, 2.05) is 26.0 Å². The summed E-state index contributed by atoms with van der Waals surface area (Å²) in [6, 6.07) is 2.18. The number of rotatable bonds is 1.